The predicted molar refractivity (Wildman–Crippen MR) is 81.9 cm³/mol. The summed E-state index contributed by atoms with van der Waals surface area (Å²) < 4.78 is 25.3. The van der Waals surface area contributed by atoms with Crippen LogP contribution in [0.4, 0.5) is 0 Å². The van der Waals surface area contributed by atoms with Gasteiger partial charge in [0.2, 0.25) is 0 Å². The minimum atomic E-state index is -3.00. The Balaban J connectivity index is 2.34. The number of hydrogen-bond acceptors (Lipinski definition) is 4. The van der Waals surface area contributed by atoms with E-state index in [9.17, 15) is 8.42 Å². The molecule has 1 aliphatic heterocycles. The maximum Gasteiger partial charge on any atom is 0.155 e. The van der Waals surface area contributed by atoms with Crippen LogP contribution in [0.5, 0.6) is 0 Å². The SMILES string of the molecule is CCNC(c1cc(C)c(Cl)s1)C1CCCCS1(=O)=O. The molecule has 0 aliphatic carbocycles. The van der Waals surface area contributed by atoms with E-state index in [1.54, 1.807) is 0 Å². The van der Waals surface area contributed by atoms with Crippen LogP contribution in [0.25, 0.3) is 0 Å². The molecule has 0 spiro atoms. The summed E-state index contributed by atoms with van der Waals surface area (Å²) in [4.78, 5) is 1.04. The van der Waals surface area contributed by atoms with Gasteiger partial charge in [0.05, 0.1) is 21.4 Å². The van der Waals surface area contributed by atoms with Crippen molar-refractivity contribution in [2.24, 2.45) is 0 Å². The van der Waals surface area contributed by atoms with Gasteiger partial charge in [-0.05, 0) is 37.9 Å². The molecule has 0 aromatic carbocycles. The molecule has 19 heavy (non-hydrogen) atoms. The predicted octanol–water partition coefficient (Wildman–Crippen LogP) is 3.33. The number of thiophene rings is 1. The molecule has 0 amide bonds. The second-order valence-corrected chi connectivity index (χ2v) is 9.07. The first-order valence-electron chi connectivity index (χ1n) is 6.66. The average molecular weight is 322 g/mol. The molecule has 1 aliphatic rings. The first kappa shape index (κ1) is 15.3. The summed E-state index contributed by atoms with van der Waals surface area (Å²) >= 11 is 7.62. The number of halogens is 1. The first-order chi connectivity index (χ1) is 8.95. The molecule has 1 aromatic rings. The number of hydrogen-bond donors (Lipinski definition) is 1. The quantitative estimate of drug-likeness (QED) is 0.925. The molecule has 6 heteroatoms. The Morgan fingerprint density at radius 2 is 2.26 bits per heavy atom. The zero-order chi connectivity index (χ0) is 14.0. The standard InChI is InChI=1S/C13H20ClNO2S2/c1-3-15-12(10-8-9(2)13(14)18-10)11-6-4-5-7-19(11,16)17/h8,11-12,15H,3-7H2,1-2H3. The summed E-state index contributed by atoms with van der Waals surface area (Å²) in [5.41, 5.74) is 1.03. The van der Waals surface area contributed by atoms with Gasteiger partial charge in [0, 0.05) is 4.88 Å². The third-order valence-corrected chi connectivity index (χ3v) is 7.53. The van der Waals surface area contributed by atoms with Crippen molar-refractivity contribution in [2.75, 3.05) is 12.3 Å². The van der Waals surface area contributed by atoms with E-state index in [2.05, 4.69) is 5.32 Å². The fourth-order valence-corrected chi connectivity index (χ4v) is 6.16. The molecule has 0 bridgehead atoms. The van der Waals surface area contributed by atoms with Gasteiger partial charge in [-0.1, -0.05) is 24.9 Å². The van der Waals surface area contributed by atoms with E-state index in [-0.39, 0.29) is 11.3 Å². The van der Waals surface area contributed by atoms with Crippen LogP contribution in [0.3, 0.4) is 0 Å². The van der Waals surface area contributed by atoms with Crippen molar-refractivity contribution in [1.29, 1.82) is 0 Å². The van der Waals surface area contributed by atoms with Gasteiger partial charge in [-0.2, -0.15) is 0 Å². The van der Waals surface area contributed by atoms with Crippen LogP contribution in [-0.4, -0.2) is 26.0 Å². The third kappa shape index (κ3) is 3.32. The van der Waals surface area contributed by atoms with E-state index in [1.165, 1.54) is 11.3 Å². The number of sulfone groups is 1. The Kier molecular flexibility index (Phi) is 4.93. The van der Waals surface area contributed by atoms with Gasteiger partial charge in [0.25, 0.3) is 0 Å². The highest BCUT2D eigenvalue weighted by Gasteiger charge is 2.36. The summed E-state index contributed by atoms with van der Waals surface area (Å²) in [6.45, 7) is 4.72. The molecule has 1 fully saturated rings. The third-order valence-electron chi connectivity index (χ3n) is 3.61. The normalized spacial score (nSPS) is 24.3. The fourth-order valence-electron chi connectivity index (χ4n) is 2.63. The van der Waals surface area contributed by atoms with Gasteiger partial charge >= 0.3 is 0 Å². The maximum atomic E-state index is 12.3. The second-order valence-electron chi connectivity index (χ2n) is 5.04. The smallest absolute Gasteiger partial charge is 0.155 e. The van der Waals surface area contributed by atoms with E-state index in [0.29, 0.717) is 5.75 Å². The van der Waals surface area contributed by atoms with Crippen molar-refractivity contribution in [3.05, 3.63) is 20.8 Å². The van der Waals surface area contributed by atoms with E-state index in [4.69, 9.17) is 11.6 Å². The van der Waals surface area contributed by atoms with Crippen molar-refractivity contribution in [1.82, 2.24) is 5.32 Å². The Morgan fingerprint density at radius 3 is 2.79 bits per heavy atom. The van der Waals surface area contributed by atoms with Gasteiger partial charge in [-0.3, -0.25) is 0 Å². The molecule has 0 radical (unpaired) electrons. The molecule has 2 heterocycles. The summed E-state index contributed by atoms with van der Waals surface area (Å²) in [6.07, 6.45) is 2.53. The minimum absolute atomic E-state index is 0.119. The lowest BCUT2D eigenvalue weighted by atomic mass is 10.1. The average Bonchev–Trinajstić information content (AvgIpc) is 2.67. The zero-order valence-electron chi connectivity index (χ0n) is 11.3. The minimum Gasteiger partial charge on any atom is -0.308 e. The van der Waals surface area contributed by atoms with Crippen molar-refractivity contribution < 1.29 is 8.42 Å². The molecule has 1 saturated heterocycles. The highest BCUT2D eigenvalue weighted by Crippen LogP contribution is 2.37. The molecule has 1 aromatic heterocycles. The molecule has 108 valence electrons. The highest BCUT2D eigenvalue weighted by atomic mass is 35.5. The maximum absolute atomic E-state index is 12.3. The van der Waals surface area contributed by atoms with E-state index in [0.717, 1.165) is 40.6 Å². The Bertz CT molecular complexity index is 519. The lowest BCUT2D eigenvalue weighted by molar-refractivity contribution is 0.458. The summed E-state index contributed by atoms with van der Waals surface area (Å²) in [5.74, 6) is 0.317. The van der Waals surface area contributed by atoms with Crippen LogP contribution >= 0.6 is 22.9 Å². The summed E-state index contributed by atoms with van der Waals surface area (Å²) in [7, 11) is -3.00. The van der Waals surface area contributed by atoms with Crippen LogP contribution in [0, 0.1) is 6.92 Å². The summed E-state index contributed by atoms with van der Waals surface area (Å²) in [6, 6.07) is 1.90. The zero-order valence-corrected chi connectivity index (χ0v) is 13.7. The second kappa shape index (κ2) is 6.12. The number of nitrogens with one attached hydrogen (secondary N) is 1. The molecule has 3 nitrogen and oxygen atoms in total. The van der Waals surface area contributed by atoms with Crippen molar-refractivity contribution >= 4 is 32.8 Å². The van der Waals surface area contributed by atoms with Gasteiger partial charge in [-0.25, -0.2) is 8.42 Å². The molecular formula is C13H20ClNO2S2. The van der Waals surface area contributed by atoms with Crippen molar-refractivity contribution in [2.45, 2.75) is 44.4 Å². The largest absolute Gasteiger partial charge is 0.308 e. The van der Waals surface area contributed by atoms with Crippen LogP contribution < -0.4 is 5.32 Å². The van der Waals surface area contributed by atoms with Gasteiger partial charge in [-0.15, -0.1) is 11.3 Å². The van der Waals surface area contributed by atoms with Crippen LogP contribution in [0.2, 0.25) is 4.34 Å². The van der Waals surface area contributed by atoms with Crippen molar-refractivity contribution in [3.8, 4) is 0 Å². The lowest BCUT2D eigenvalue weighted by Gasteiger charge is -2.30. The number of rotatable bonds is 4. The molecular weight excluding hydrogens is 302 g/mol. The first-order valence-corrected chi connectivity index (χ1v) is 9.57. The number of aryl methyl sites for hydroxylation is 1. The Labute approximate surface area is 124 Å². The highest BCUT2D eigenvalue weighted by molar-refractivity contribution is 7.92. The van der Waals surface area contributed by atoms with Gasteiger partial charge < -0.3 is 5.32 Å². The van der Waals surface area contributed by atoms with Crippen molar-refractivity contribution in [3.63, 3.8) is 0 Å². The van der Waals surface area contributed by atoms with Gasteiger partial charge in [0.1, 0.15) is 0 Å². The van der Waals surface area contributed by atoms with Crippen LogP contribution in [-0.2, 0) is 9.84 Å². The molecule has 2 unspecified atom stereocenters. The van der Waals surface area contributed by atoms with Crippen LogP contribution in [0.1, 0.15) is 42.7 Å². The van der Waals surface area contributed by atoms with E-state index < -0.39 is 9.84 Å². The molecule has 2 atom stereocenters. The molecule has 0 saturated carbocycles. The molecule has 2 rings (SSSR count). The van der Waals surface area contributed by atoms with Gasteiger partial charge in [0.15, 0.2) is 9.84 Å². The Hall–Kier alpha value is -0.100. The summed E-state index contributed by atoms with van der Waals surface area (Å²) in [5, 5.41) is 3.03. The molecule has 1 N–H and O–H groups in total. The van der Waals surface area contributed by atoms with E-state index >= 15 is 0 Å². The monoisotopic (exact) mass is 321 g/mol. The lowest BCUT2D eigenvalue weighted by Crippen LogP contribution is -2.40. The topological polar surface area (TPSA) is 46.2 Å². The van der Waals surface area contributed by atoms with E-state index in [1.807, 2.05) is 19.9 Å². The fraction of sp³-hybridized carbons (Fsp3) is 0.692. The Morgan fingerprint density at radius 1 is 1.53 bits per heavy atom. The van der Waals surface area contributed by atoms with Crippen LogP contribution in [0.15, 0.2) is 6.07 Å².